The second kappa shape index (κ2) is 6.73. The second-order valence-corrected chi connectivity index (χ2v) is 8.24. The van der Waals surface area contributed by atoms with Crippen molar-refractivity contribution in [2.45, 2.75) is 4.90 Å². The Hall–Kier alpha value is -2.98. The minimum Gasteiger partial charge on any atom is -0.476 e. The number of anilines is 1. The molecule has 0 saturated carbocycles. The van der Waals surface area contributed by atoms with Crippen LogP contribution in [0.2, 0.25) is 0 Å². The van der Waals surface area contributed by atoms with E-state index in [4.69, 9.17) is 5.11 Å². The van der Waals surface area contributed by atoms with Gasteiger partial charge in [-0.2, -0.15) is 5.10 Å². The third-order valence-corrected chi connectivity index (χ3v) is 5.59. The lowest BCUT2D eigenvalue weighted by molar-refractivity contribution is 0.0689. The molecule has 0 aliphatic heterocycles. The number of nitrogens with zero attached hydrogens (tertiary/aromatic N) is 2. The molecule has 2 heterocycles. The van der Waals surface area contributed by atoms with E-state index in [9.17, 15) is 18.0 Å². The van der Waals surface area contributed by atoms with Gasteiger partial charge in [0.2, 0.25) is 0 Å². The van der Waals surface area contributed by atoms with E-state index in [1.54, 1.807) is 29.6 Å². The summed E-state index contributed by atoms with van der Waals surface area (Å²) in [6.45, 7) is 0. The molecular weight excluding hydrogens is 378 g/mol. The lowest BCUT2D eigenvalue weighted by atomic mass is 10.2. The van der Waals surface area contributed by atoms with E-state index < -0.39 is 21.7 Å². The number of hydrogen-bond donors (Lipinski definition) is 2. The molecule has 3 aromatic rings. The molecule has 10 heteroatoms. The summed E-state index contributed by atoms with van der Waals surface area (Å²) in [7, 11) is -3.50. The largest absolute Gasteiger partial charge is 0.476 e. The van der Waals surface area contributed by atoms with E-state index in [1.165, 1.54) is 23.0 Å². The molecule has 1 amide bonds. The number of carbonyl (C=O) groups is 2. The summed E-state index contributed by atoms with van der Waals surface area (Å²) in [5.41, 5.74) is 0.869. The summed E-state index contributed by atoms with van der Waals surface area (Å²) >= 11 is 1.04. The van der Waals surface area contributed by atoms with Crippen LogP contribution in [0.5, 0.6) is 0 Å². The molecule has 2 aromatic heterocycles. The molecule has 0 fully saturated rings. The summed E-state index contributed by atoms with van der Waals surface area (Å²) < 4.78 is 24.8. The first-order valence-corrected chi connectivity index (χ1v) is 10.0. The van der Waals surface area contributed by atoms with E-state index in [1.807, 2.05) is 0 Å². The molecule has 0 spiro atoms. The van der Waals surface area contributed by atoms with E-state index in [0.717, 1.165) is 17.6 Å². The van der Waals surface area contributed by atoms with E-state index in [-0.39, 0.29) is 15.5 Å². The fourth-order valence-corrected chi connectivity index (χ4v) is 4.36. The lowest BCUT2D eigenvalue weighted by Gasteiger charge is -2.08. The van der Waals surface area contributed by atoms with Crippen molar-refractivity contribution in [1.82, 2.24) is 9.78 Å². The number of benzene rings is 1. The Balaban J connectivity index is 1.86. The number of carbonyl (C=O) groups excluding carboxylic acids is 1. The van der Waals surface area contributed by atoms with Gasteiger partial charge in [-0.25, -0.2) is 17.9 Å². The molecule has 26 heavy (non-hydrogen) atoms. The number of aromatic carboxylic acids is 1. The minimum absolute atomic E-state index is 0.0191. The standard InChI is InChI=1S/C16H13N3O5S2/c1-26(23,24)13-6-8-25-14(13)15(20)17-10-3-2-4-11(9-10)19-7-5-12(18-19)16(21)22/h2-9H,1H3,(H,17,20)(H,21,22). The van der Waals surface area contributed by atoms with E-state index >= 15 is 0 Å². The van der Waals surface area contributed by atoms with Crippen molar-refractivity contribution in [3.8, 4) is 5.69 Å². The summed E-state index contributed by atoms with van der Waals surface area (Å²) in [5.74, 6) is -1.68. The number of hydrogen-bond acceptors (Lipinski definition) is 6. The predicted molar refractivity (Wildman–Crippen MR) is 95.9 cm³/mol. The Morgan fingerprint density at radius 2 is 2.00 bits per heavy atom. The molecule has 0 unspecified atom stereocenters. The van der Waals surface area contributed by atoms with Crippen LogP contribution < -0.4 is 5.32 Å². The zero-order valence-electron chi connectivity index (χ0n) is 13.4. The maximum Gasteiger partial charge on any atom is 0.356 e. The average molecular weight is 391 g/mol. The van der Waals surface area contributed by atoms with Gasteiger partial charge in [0.25, 0.3) is 5.91 Å². The van der Waals surface area contributed by atoms with Crippen molar-refractivity contribution in [1.29, 1.82) is 0 Å². The highest BCUT2D eigenvalue weighted by Crippen LogP contribution is 2.24. The molecule has 0 atom stereocenters. The summed E-state index contributed by atoms with van der Waals surface area (Å²) in [5, 5.41) is 17.0. The molecule has 1 aromatic carbocycles. The molecule has 134 valence electrons. The number of carboxylic acids is 1. The average Bonchev–Trinajstić information content (AvgIpc) is 3.24. The molecule has 2 N–H and O–H groups in total. The highest BCUT2D eigenvalue weighted by molar-refractivity contribution is 7.91. The normalized spacial score (nSPS) is 11.3. The van der Waals surface area contributed by atoms with Crippen molar-refractivity contribution < 1.29 is 23.1 Å². The number of amides is 1. The van der Waals surface area contributed by atoms with Crippen LogP contribution in [-0.4, -0.2) is 41.4 Å². The van der Waals surface area contributed by atoms with Crippen LogP contribution >= 0.6 is 11.3 Å². The molecule has 0 radical (unpaired) electrons. The Labute approximate surface area is 152 Å². The van der Waals surface area contributed by atoms with Crippen molar-refractivity contribution in [3.63, 3.8) is 0 Å². The highest BCUT2D eigenvalue weighted by Gasteiger charge is 2.20. The third-order valence-electron chi connectivity index (χ3n) is 3.41. The van der Waals surface area contributed by atoms with Gasteiger partial charge >= 0.3 is 5.97 Å². The summed E-state index contributed by atoms with van der Waals surface area (Å²) in [4.78, 5) is 23.4. The fourth-order valence-electron chi connectivity index (χ4n) is 2.25. The van der Waals surface area contributed by atoms with E-state index in [0.29, 0.717) is 11.4 Å². The van der Waals surface area contributed by atoms with Crippen LogP contribution in [0.1, 0.15) is 20.2 Å². The Morgan fingerprint density at radius 1 is 1.23 bits per heavy atom. The first-order chi connectivity index (χ1) is 12.3. The monoisotopic (exact) mass is 391 g/mol. The van der Waals surface area contributed by atoms with Gasteiger partial charge in [0.05, 0.1) is 10.6 Å². The van der Waals surface area contributed by atoms with Crippen molar-refractivity contribution in [3.05, 3.63) is 58.5 Å². The smallest absolute Gasteiger partial charge is 0.356 e. The highest BCUT2D eigenvalue weighted by atomic mass is 32.2. The fraction of sp³-hybridized carbons (Fsp3) is 0.0625. The van der Waals surface area contributed by atoms with Gasteiger partial charge in [0.15, 0.2) is 15.5 Å². The number of rotatable bonds is 5. The number of aromatic nitrogens is 2. The maximum absolute atomic E-state index is 12.4. The van der Waals surface area contributed by atoms with Gasteiger partial charge in [0, 0.05) is 18.1 Å². The number of thiophene rings is 1. The summed E-state index contributed by atoms with van der Waals surface area (Å²) in [6, 6.07) is 9.35. The van der Waals surface area contributed by atoms with Gasteiger partial charge in [-0.3, -0.25) is 4.79 Å². The van der Waals surface area contributed by atoms with Crippen LogP contribution in [0.15, 0.2) is 52.9 Å². The summed E-state index contributed by atoms with van der Waals surface area (Å²) in [6.07, 6.45) is 2.54. The Morgan fingerprint density at radius 3 is 2.65 bits per heavy atom. The van der Waals surface area contributed by atoms with Crippen LogP contribution in [0.4, 0.5) is 5.69 Å². The Bertz CT molecular complexity index is 1100. The lowest BCUT2D eigenvalue weighted by Crippen LogP contribution is -2.14. The zero-order chi connectivity index (χ0) is 18.9. The first-order valence-electron chi connectivity index (χ1n) is 7.24. The van der Waals surface area contributed by atoms with Crippen LogP contribution in [-0.2, 0) is 9.84 Å². The van der Waals surface area contributed by atoms with Gasteiger partial charge in [-0.1, -0.05) is 6.07 Å². The van der Waals surface area contributed by atoms with Crippen LogP contribution in [0.25, 0.3) is 5.69 Å². The van der Waals surface area contributed by atoms with Gasteiger partial charge in [-0.15, -0.1) is 11.3 Å². The second-order valence-electron chi connectivity index (χ2n) is 5.34. The first kappa shape index (κ1) is 17.8. The maximum atomic E-state index is 12.4. The SMILES string of the molecule is CS(=O)(=O)c1ccsc1C(=O)Nc1cccc(-n2ccc(C(=O)O)n2)c1. The molecule has 3 rings (SSSR count). The molecule has 0 bridgehead atoms. The molecule has 0 aliphatic carbocycles. The topological polar surface area (TPSA) is 118 Å². The van der Waals surface area contributed by atoms with Crippen molar-refractivity contribution in [2.75, 3.05) is 11.6 Å². The van der Waals surface area contributed by atoms with Crippen LogP contribution in [0, 0.1) is 0 Å². The molecular formula is C16H13N3O5S2. The van der Waals surface area contributed by atoms with E-state index in [2.05, 4.69) is 10.4 Å². The van der Waals surface area contributed by atoms with Crippen LogP contribution in [0.3, 0.4) is 0 Å². The van der Waals surface area contributed by atoms with Gasteiger partial charge in [-0.05, 0) is 35.7 Å². The van der Waals surface area contributed by atoms with Crippen molar-refractivity contribution in [2.24, 2.45) is 0 Å². The zero-order valence-corrected chi connectivity index (χ0v) is 15.0. The minimum atomic E-state index is -3.50. The van der Waals surface area contributed by atoms with Gasteiger partial charge in [0.1, 0.15) is 4.88 Å². The molecule has 0 aliphatic rings. The number of nitrogens with one attached hydrogen (secondary N) is 1. The number of sulfone groups is 1. The molecule has 8 nitrogen and oxygen atoms in total. The Kier molecular flexibility index (Phi) is 4.62. The van der Waals surface area contributed by atoms with Crippen molar-refractivity contribution >= 4 is 38.7 Å². The predicted octanol–water partition coefficient (Wildman–Crippen LogP) is 2.29. The quantitative estimate of drug-likeness (QED) is 0.689. The molecule has 0 saturated heterocycles. The van der Waals surface area contributed by atoms with Gasteiger partial charge < -0.3 is 10.4 Å². The number of carboxylic acid groups (broad SMARTS) is 1. The third kappa shape index (κ3) is 3.65.